The van der Waals surface area contributed by atoms with Crippen molar-refractivity contribution < 1.29 is 24.1 Å². The Bertz CT molecular complexity index is 1300. The summed E-state index contributed by atoms with van der Waals surface area (Å²) in [5.74, 6) is -0.0683. The summed E-state index contributed by atoms with van der Waals surface area (Å²) in [5, 5.41) is 23.3. The van der Waals surface area contributed by atoms with Crippen LogP contribution in [0.25, 0.3) is 0 Å². The van der Waals surface area contributed by atoms with Gasteiger partial charge < -0.3 is 9.47 Å². The van der Waals surface area contributed by atoms with Crippen molar-refractivity contribution in [2.24, 2.45) is 0 Å². The topological polar surface area (TPSA) is 122 Å². The molecule has 9 heteroatoms. The molecule has 0 aliphatic rings. The number of nitro benzene ring substituents is 2. The molecule has 0 heterocycles. The number of carbonyl (C=O) groups is 1. The number of carbonyl (C=O) groups excluding carboxylic acids is 1. The van der Waals surface area contributed by atoms with E-state index in [9.17, 15) is 25.0 Å². The first kappa shape index (κ1) is 24.1. The van der Waals surface area contributed by atoms with Crippen molar-refractivity contribution in [2.45, 2.75) is 12.8 Å². The molecule has 0 aliphatic heterocycles. The monoisotopic (exact) mass is 484 g/mol. The van der Waals surface area contributed by atoms with Crippen LogP contribution in [-0.4, -0.2) is 16.0 Å². The maximum atomic E-state index is 12.8. The maximum Gasteiger partial charge on any atom is 0.519 e. The number of hydrogen-bond donors (Lipinski definition) is 0. The van der Waals surface area contributed by atoms with Gasteiger partial charge in [0.15, 0.2) is 0 Å². The minimum atomic E-state index is -1.17. The molecule has 4 rings (SSSR count). The highest BCUT2D eigenvalue weighted by atomic mass is 16.7. The van der Waals surface area contributed by atoms with Crippen LogP contribution < -0.4 is 9.47 Å². The zero-order chi connectivity index (χ0) is 25.5. The number of benzene rings is 4. The van der Waals surface area contributed by atoms with Gasteiger partial charge in [0.05, 0.1) is 21.0 Å². The Morgan fingerprint density at radius 1 is 0.583 bits per heavy atom. The molecule has 0 aliphatic carbocycles. The second-order valence-corrected chi connectivity index (χ2v) is 7.80. The van der Waals surface area contributed by atoms with Crippen molar-refractivity contribution in [3.05, 3.63) is 140 Å². The predicted molar refractivity (Wildman–Crippen MR) is 131 cm³/mol. The van der Waals surface area contributed by atoms with Gasteiger partial charge in [-0.1, -0.05) is 72.8 Å². The minimum Gasteiger partial charge on any atom is -0.394 e. The lowest BCUT2D eigenvalue weighted by atomic mass is 10.0. The average molecular weight is 484 g/mol. The summed E-state index contributed by atoms with van der Waals surface area (Å²) in [6, 6.07) is 26.4. The molecule has 180 valence electrons. The molecular formula is C27H20N2O7. The van der Waals surface area contributed by atoms with Gasteiger partial charge in [0.1, 0.15) is 11.5 Å². The number of hydrogen-bond acceptors (Lipinski definition) is 7. The van der Waals surface area contributed by atoms with E-state index in [1.165, 1.54) is 36.4 Å². The lowest BCUT2D eigenvalue weighted by Gasteiger charge is -2.13. The van der Waals surface area contributed by atoms with E-state index in [1.807, 2.05) is 12.1 Å². The molecule has 0 saturated carbocycles. The first-order chi connectivity index (χ1) is 17.4. The fourth-order valence-electron chi connectivity index (χ4n) is 3.80. The number of ether oxygens (including phenoxy) is 2. The number of nitro groups is 2. The van der Waals surface area contributed by atoms with Crippen LogP contribution in [0, 0.1) is 20.2 Å². The maximum absolute atomic E-state index is 12.8. The molecule has 0 amide bonds. The van der Waals surface area contributed by atoms with Crippen LogP contribution in [0.3, 0.4) is 0 Å². The lowest BCUT2D eigenvalue weighted by Crippen LogP contribution is -2.16. The third-order valence-electron chi connectivity index (χ3n) is 5.44. The first-order valence-electron chi connectivity index (χ1n) is 10.9. The molecule has 0 saturated heterocycles. The van der Waals surface area contributed by atoms with E-state index in [4.69, 9.17) is 9.47 Å². The Labute approximate surface area is 205 Å². The molecule has 0 N–H and O–H groups in total. The number of nitrogens with zero attached hydrogens (tertiary/aromatic N) is 2. The van der Waals surface area contributed by atoms with E-state index < -0.39 is 16.0 Å². The van der Waals surface area contributed by atoms with Crippen LogP contribution in [0.1, 0.15) is 22.3 Å². The standard InChI is InChI=1S/C27H20N2O7/c30-27(35-25-15-7-13-23(28(31)32)21(25)17-19-9-3-1-4-10-19)36-26-16-8-14-24(29(33)34)22(26)18-20-11-5-2-6-12-20/h1-16H,17-18H2. The molecule has 36 heavy (non-hydrogen) atoms. The average Bonchev–Trinajstić information content (AvgIpc) is 2.87. The minimum absolute atomic E-state index is 0.0342. The zero-order valence-electron chi connectivity index (χ0n) is 18.9. The Morgan fingerprint density at radius 3 is 1.33 bits per heavy atom. The van der Waals surface area contributed by atoms with Crippen molar-refractivity contribution >= 4 is 17.5 Å². The van der Waals surface area contributed by atoms with Gasteiger partial charge in [-0.15, -0.1) is 0 Å². The van der Waals surface area contributed by atoms with Crippen LogP contribution in [0.4, 0.5) is 16.2 Å². The van der Waals surface area contributed by atoms with Gasteiger partial charge in [0.2, 0.25) is 0 Å². The van der Waals surface area contributed by atoms with Crippen LogP contribution in [0.2, 0.25) is 0 Å². The molecule has 9 nitrogen and oxygen atoms in total. The molecule has 0 fully saturated rings. The van der Waals surface area contributed by atoms with E-state index in [-0.39, 0.29) is 46.8 Å². The summed E-state index contributed by atoms with van der Waals surface area (Å²) in [5.41, 5.74) is 1.57. The Kier molecular flexibility index (Phi) is 7.30. The van der Waals surface area contributed by atoms with Crippen LogP contribution in [0.5, 0.6) is 11.5 Å². The summed E-state index contributed by atoms with van der Waals surface area (Å²) in [6.07, 6.45) is -0.868. The third kappa shape index (κ3) is 5.71. The van der Waals surface area contributed by atoms with Gasteiger partial charge in [-0.25, -0.2) is 4.79 Å². The summed E-state index contributed by atoms with van der Waals surface area (Å²) in [4.78, 5) is 34.9. The molecule has 0 aromatic heterocycles. The second-order valence-electron chi connectivity index (χ2n) is 7.80. The molecule has 0 bridgehead atoms. The van der Waals surface area contributed by atoms with Crippen LogP contribution in [0.15, 0.2) is 97.1 Å². The van der Waals surface area contributed by atoms with Crippen molar-refractivity contribution in [3.8, 4) is 11.5 Å². The Balaban J connectivity index is 1.63. The van der Waals surface area contributed by atoms with Crippen LogP contribution >= 0.6 is 0 Å². The van der Waals surface area contributed by atoms with Crippen molar-refractivity contribution in [3.63, 3.8) is 0 Å². The zero-order valence-corrected chi connectivity index (χ0v) is 18.9. The first-order valence-corrected chi connectivity index (χ1v) is 10.9. The van der Waals surface area contributed by atoms with Gasteiger partial charge in [-0.05, 0) is 23.3 Å². The highest BCUT2D eigenvalue weighted by Gasteiger charge is 2.24. The highest BCUT2D eigenvalue weighted by Crippen LogP contribution is 2.33. The molecule has 4 aromatic carbocycles. The van der Waals surface area contributed by atoms with E-state index in [1.54, 1.807) is 48.5 Å². The van der Waals surface area contributed by atoms with Gasteiger partial charge in [0, 0.05) is 25.0 Å². The fraction of sp³-hybridized carbons (Fsp3) is 0.0741. The molecule has 4 aromatic rings. The number of rotatable bonds is 8. The van der Waals surface area contributed by atoms with E-state index in [0.717, 1.165) is 11.1 Å². The van der Waals surface area contributed by atoms with Gasteiger partial charge in [0.25, 0.3) is 11.4 Å². The Hall–Kier alpha value is -5.05. The van der Waals surface area contributed by atoms with E-state index >= 15 is 0 Å². The van der Waals surface area contributed by atoms with Gasteiger partial charge in [-0.3, -0.25) is 20.2 Å². The van der Waals surface area contributed by atoms with Crippen molar-refractivity contribution in [2.75, 3.05) is 0 Å². The predicted octanol–water partition coefficient (Wildman–Crippen LogP) is 6.26. The molecule has 0 radical (unpaired) electrons. The molecule has 0 spiro atoms. The smallest absolute Gasteiger partial charge is 0.394 e. The highest BCUT2D eigenvalue weighted by molar-refractivity contribution is 5.70. The quantitative estimate of drug-likeness (QED) is 0.125. The van der Waals surface area contributed by atoms with Gasteiger partial charge >= 0.3 is 6.16 Å². The van der Waals surface area contributed by atoms with Gasteiger partial charge in [-0.2, -0.15) is 0 Å². The van der Waals surface area contributed by atoms with E-state index in [0.29, 0.717) is 0 Å². The summed E-state index contributed by atoms with van der Waals surface area (Å²) >= 11 is 0. The fourth-order valence-corrected chi connectivity index (χ4v) is 3.80. The lowest BCUT2D eigenvalue weighted by molar-refractivity contribution is -0.385. The SMILES string of the molecule is O=C(Oc1cccc([N+](=O)[O-])c1Cc1ccccc1)Oc1cccc([N+](=O)[O-])c1Cc1ccccc1. The molecular weight excluding hydrogens is 464 g/mol. The molecule has 0 unspecified atom stereocenters. The van der Waals surface area contributed by atoms with Crippen molar-refractivity contribution in [1.29, 1.82) is 0 Å². The Morgan fingerprint density at radius 2 is 0.972 bits per heavy atom. The molecule has 0 atom stereocenters. The summed E-state index contributed by atoms with van der Waals surface area (Å²) < 4.78 is 10.8. The normalized spacial score (nSPS) is 10.4. The van der Waals surface area contributed by atoms with Crippen LogP contribution in [-0.2, 0) is 12.8 Å². The second kappa shape index (κ2) is 10.9. The third-order valence-corrected chi connectivity index (χ3v) is 5.44. The van der Waals surface area contributed by atoms with Crippen molar-refractivity contribution in [1.82, 2.24) is 0 Å². The van der Waals surface area contributed by atoms with E-state index in [2.05, 4.69) is 0 Å². The largest absolute Gasteiger partial charge is 0.519 e. The summed E-state index contributed by atoms with van der Waals surface area (Å²) in [7, 11) is 0. The summed E-state index contributed by atoms with van der Waals surface area (Å²) in [6.45, 7) is 0.